The van der Waals surface area contributed by atoms with Crippen LogP contribution in [0.3, 0.4) is 0 Å². The molecule has 0 atom stereocenters. The fourth-order valence-corrected chi connectivity index (χ4v) is 2.73. The minimum absolute atomic E-state index is 0.00237. The molecule has 4 heteroatoms. The molecule has 120 valence electrons. The number of carboxylic acids is 1. The van der Waals surface area contributed by atoms with Crippen LogP contribution < -0.4 is 0 Å². The summed E-state index contributed by atoms with van der Waals surface area (Å²) in [5, 5.41) is 9.03. The van der Waals surface area contributed by atoms with Gasteiger partial charge in [0.1, 0.15) is 0 Å². The maximum absolute atomic E-state index is 12.5. The minimum Gasteiger partial charge on any atom is -0.478 e. The van der Waals surface area contributed by atoms with Gasteiger partial charge >= 0.3 is 5.97 Å². The van der Waals surface area contributed by atoms with Gasteiger partial charge in [-0.05, 0) is 41.3 Å². The fraction of sp³-hybridized carbons (Fsp3) is 0.150. The normalized spacial score (nSPS) is 15.2. The molecule has 0 amide bonds. The quantitative estimate of drug-likeness (QED) is 0.686. The summed E-state index contributed by atoms with van der Waals surface area (Å²) in [6, 6.07) is 11.7. The molecule has 0 unspecified atom stereocenters. The number of carbonyl (C=O) groups excluding carboxylic acids is 2. The first kappa shape index (κ1) is 15.9. The van der Waals surface area contributed by atoms with Gasteiger partial charge in [-0.15, -0.1) is 0 Å². The number of ketones is 2. The van der Waals surface area contributed by atoms with Crippen molar-refractivity contribution in [3.8, 4) is 0 Å². The molecular weight excluding hydrogens is 304 g/mol. The molecular formula is C20H16O4. The summed E-state index contributed by atoms with van der Waals surface area (Å²) in [6.45, 7) is 4.18. The number of aromatic carboxylic acids is 1. The number of hydrogen-bond donors (Lipinski definition) is 1. The predicted molar refractivity (Wildman–Crippen MR) is 90.6 cm³/mol. The Kier molecular flexibility index (Phi) is 3.89. The Morgan fingerprint density at radius 1 is 0.958 bits per heavy atom. The number of Topliss-reactive ketones (excluding diaryl/α,β-unsaturated/α-hetero) is 2. The molecule has 2 aromatic rings. The molecule has 24 heavy (non-hydrogen) atoms. The first-order chi connectivity index (χ1) is 11.4. The highest BCUT2D eigenvalue weighted by Gasteiger charge is 2.33. The van der Waals surface area contributed by atoms with E-state index in [1.165, 1.54) is 23.8 Å². The molecule has 2 aromatic carbocycles. The number of fused-ring (bicyclic) bond motifs is 1. The van der Waals surface area contributed by atoms with Gasteiger partial charge in [0.2, 0.25) is 0 Å². The zero-order valence-electron chi connectivity index (χ0n) is 13.4. The van der Waals surface area contributed by atoms with Crippen LogP contribution in [0.15, 0.2) is 48.0 Å². The number of carbonyl (C=O) groups is 3. The smallest absolute Gasteiger partial charge is 0.335 e. The maximum atomic E-state index is 12.5. The number of carboxylic acid groups (broad SMARTS) is 1. The van der Waals surface area contributed by atoms with Gasteiger partial charge in [0.15, 0.2) is 11.6 Å². The minimum atomic E-state index is -1.13. The molecule has 0 heterocycles. The van der Waals surface area contributed by atoms with Gasteiger partial charge in [-0.25, -0.2) is 4.79 Å². The Bertz CT molecular complexity index is 886. The van der Waals surface area contributed by atoms with Crippen molar-refractivity contribution in [2.75, 3.05) is 0 Å². The molecule has 0 aromatic heterocycles. The molecule has 3 rings (SSSR count). The van der Waals surface area contributed by atoms with Crippen molar-refractivity contribution in [1.29, 1.82) is 0 Å². The van der Waals surface area contributed by atoms with Crippen molar-refractivity contribution in [2.24, 2.45) is 0 Å². The monoisotopic (exact) mass is 320 g/mol. The van der Waals surface area contributed by atoms with Crippen molar-refractivity contribution in [1.82, 2.24) is 0 Å². The number of allylic oxidation sites excluding steroid dienone is 1. The van der Waals surface area contributed by atoms with E-state index in [1.54, 1.807) is 6.08 Å². The zero-order valence-corrected chi connectivity index (χ0v) is 13.4. The summed E-state index contributed by atoms with van der Waals surface area (Å²) in [5.74, 6) is -1.51. The van der Waals surface area contributed by atoms with Crippen LogP contribution in [0.4, 0.5) is 0 Å². The molecule has 0 bridgehead atoms. The Morgan fingerprint density at radius 3 is 2.17 bits per heavy atom. The predicted octanol–water partition coefficient (Wildman–Crippen LogP) is 3.97. The van der Waals surface area contributed by atoms with Gasteiger partial charge in [0.05, 0.1) is 11.1 Å². The van der Waals surface area contributed by atoms with Crippen molar-refractivity contribution in [3.63, 3.8) is 0 Å². The molecule has 0 saturated carbocycles. The van der Waals surface area contributed by atoms with Crippen molar-refractivity contribution in [3.05, 3.63) is 75.9 Å². The van der Waals surface area contributed by atoms with E-state index in [-0.39, 0.29) is 28.0 Å². The lowest BCUT2D eigenvalue weighted by Gasteiger charge is -2.05. The first-order valence-electron chi connectivity index (χ1n) is 7.67. The van der Waals surface area contributed by atoms with Gasteiger partial charge < -0.3 is 5.11 Å². The highest BCUT2D eigenvalue weighted by Crippen LogP contribution is 2.29. The molecule has 1 N–H and O–H groups in total. The number of hydrogen-bond acceptors (Lipinski definition) is 3. The lowest BCUT2D eigenvalue weighted by atomic mass is 10.0. The van der Waals surface area contributed by atoms with Crippen molar-refractivity contribution < 1.29 is 19.5 Å². The fourth-order valence-electron chi connectivity index (χ4n) is 2.73. The average molecular weight is 320 g/mol. The summed E-state index contributed by atoms with van der Waals surface area (Å²) in [6.07, 6.45) is 1.56. The lowest BCUT2D eigenvalue weighted by molar-refractivity contribution is 0.0696. The maximum Gasteiger partial charge on any atom is 0.335 e. The molecule has 1 aliphatic rings. The standard InChI is InChI=1S/C20H16O4/c1-11(2)13-5-3-12(4-6-13)9-17-18(21)15-8-7-14(20(23)24)10-16(15)19(17)22/h3-11H,1-2H3,(H,23,24)/b17-9-. The van der Waals surface area contributed by atoms with Crippen LogP contribution >= 0.6 is 0 Å². The van der Waals surface area contributed by atoms with Crippen LogP contribution in [0, 0.1) is 0 Å². The average Bonchev–Trinajstić information content (AvgIpc) is 2.80. The van der Waals surface area contributed by atoms with Gasteiger partial charge in [-0.1, -0.05) is 38.1 Å². The molecule has 1 aliphatic carbocycles. The van der Waals surface area contributed by atoms with Crippen LogP contribution in [0.25, 0.3) is 6.08 Å². The van der Waals surface area contributed by atoms with E-state index >= 15 is 0 Å². The van der Waals surface area contributed by atoms with E-state index in [9.17, 15) is 14.4 Å². The first-order valence-corrected chi connectivity index (χ1v) is 7.67. The van der Waals surface area contributed by atoms with E-state index in [1.807, 2.05) is 24.3 Å². The second kappa shape index (κ2) is 5.89. The largest absolute Gasteiger partial charge is 0.478 e. The van der Waals surface area contributed by atoms with E-state index in [0.717, 1.165) is 5.56 Å². The second-order valence-corrected chi connectivity index (χ2v) is 6.10. The zero-order chi connectivity index (χ0) is 17.4. The van der Waals surface area contributed by atoms with Gasteiger partial charge in [-0.2, -0.15) is 0 Å². The number of rotatable bonds is 3. The molecule has 4 nitrogen and oxygen atoms in total. The molecule has 0 saturated heterocycles. The van der Waals surface area contributed by atoms with Crippen LogP contribution in [-0.4, -0.2) is 22.6 Å². The molecule has 0 radical (unpaired) electrons. The van der Waals surface area contributed by atoms with Crippen molar-refractivity contribution >= 4 is 23.6 Å². The van der Waals surface area contributed by atoms with Crippen LogP contribution in [0.2, 0.25) is 0 Å². The van der Waals surface area contributed by atoms with Crippen LogP contribution in [0.1, 0.15) is 62.0 Å². The van der Waals surface area contributed by atoms with E-state index in [2.05, 4.69) is 13.8 Å². The van der Waals surface area contributed by atoms with Gasteiger partial charge in [0, 0.05) is 11.1 Å². The Hall–Kier alpha value is -3.01. The third-order valence-electron chi connectivity index (χ3n) is 4.16. The highest BCUT2D eigenvalue weighted by atomic mass is 16.4. The molecule has 0 spiro atoms. The van der Waals surface area contributed by atoms with Crippen LogP contribution in [-0.2, 0) is 0 Å². The van der Waals surface area contributed by atoms with E-state index < -0.39 is 11.8 Å². The van der Waals surface area contributed by atoms with Gasteiger partial charge in [0.25, 0.3) is 0 Å². The Balaban J connectivity index is 1.99. The summed E-state index contributed by atoms with van der Waals surface area (Å²) in [7, 11) is 0. The summed E-state index contributed by atoms with van der Waals surface area (Å²) in [5.41, 5.74) is 2.43. The lowest BCUT2D eigenvalue weighted by Crippen LogP contribution is -2.01. The van der Waals surface area contributed by atoms with Crippen LogP contribution in [0.5, 0.6) is 0 Å². The summed E-state index contributed by atoms with van der Waals surface area (Å²) in [4.78, 5) is 35.9. The van der Waals surface area contributed by atoms with Crippen molar-refractivity contribution in [2.45, 2.75) is 19.8 Å². The third-order valence-corrected chi connectivity index (χ3v) is 4.16. The molecule has 0 fully saturated rings. The second-order valence-electron chi connectivity index (χ2n) is 6.10. The van der Waals surface area contributed by atoms with Gasteiger partial charge in [-0.3, -0.25) is 9.59 Å². The Labute approximate surface area is 139 Å². The SMILES string of the molecule is CC(C)c1ccc(/C=C2/C(=O)c3ccc(C(=O)O)cc3C2=O)cc1. The van der Waals surface area contributed by atoms with E-state index in [0.29, 0.717) is 5.92 Å². The summed E-state index contributed by atoms with van der Waals surface area (Å²) >= 11 is 0. The molecule has 0 aliphatic heterocycles. The highest BCUT2D eigenvalue weighted by molar-refractivity contribution is 6.41. The van der Waals surface area contributed by atoms with E-state index in [4.69, 9.17) is 5.11 Å². The number of benzene rings is 2. The topological polar surface area (TPSA) is 71.4 Å². The summed E-state index contributed by atoms with van der Waals surface area (Å²) < 4.78 is 0. The third kappa shape index (κ3) is 2.67. The Morgan fingerprint density at radius 2 is 1.58 bits per heavy atom.